The molecule has 5 nitrogen and oxygen atoms in total. The van der Waals surface area contributed by atoms with Gasteiger partial charge >= 0.3 is 0 Å². The fraction of sp³-hybridized carbons (Fsp3) is 0. The van der Waals surface area contributed by atoms with Crippen molar-refractivity contribution in [1.29, 1.82) is 0 Å². The average Bonchev–Trinajstić information content (AvgIpc) is 3.79. The number of benzene rings is 8. The van der Waals surface area contributed by atoms with Crippen molar-refractivity contribution in [3.05, 3.63) is 205 Å². The molecule has 1 aliphatic rings. The Morgan fingerprint density at radius 2 is 1.10 bits per heavy atom. The van der Waals surface area contributed by atoms with Gasteiger partial charge in [-0.2, -0.15) is 0 Å². The predicted molar refractivity (Wildman–Crippen MR) is 244 cm³/mol. The quantitative estimate of drug-likeness (QED) is 0.176. The number of hydrogen-bond donors (Lipinski definition) is 0. The van der Waals surface area contributed by atoms with E-state index in [9.17, 15) is 0 Å². The van der Waals surface area contributed by atoms with Crippen LogP contribution in [-0.4, -0.2) is 14.5 Å². The molecule has 3 aromatic heterocycles. The first kappa shape index (κ1) is 33.2. The maximum Gasteiger partial charge on any atom is 0.162 e. The van der Waals surface area contributed by atoms with Crippen LogP contribution < -0.4 is 4.90 Å². The van der Waals surface area contributed by atoms with Gasteiger partial charge in [0, 0.05) is 55.6 Å². The Bertz CT molecular complexity index is 3380. The highest BCUT2D eigenvalue weighted by atomic mass is 16.3. The molecule has 1 aliphatic heterocycles. The minimum Gasteiger partial charge on any atom is -0.455 e. The van der Waals surface area contributed by atoms with Crippen LogP contribution in [0.15, 0.2) is 199 Å². The summed E-state index contributed by atoms with van der Waals surface area (Å²) in [4.78, 5) is 12.9. The van der Waals surface area contributed by atoms with Gasteiger partial charge in [-0.05, 0) is 59.7 Å². The molecule has 0 N–H and O–H groups in total. The van der Waals surface area contributed by atoms with Gasteiger partial charge in [0.15, 0.2) is 5.82 Å². The van der Waals surface area contributed by atoms with Crippen LogP contribution in [0.3, 0.4) is 0 Å². The smallest absolute Gasteiger partial charge is 0.162 e. The second-order valence-electron chi connectivity index (χ2n) is 15.0. The Balaban J connectivity index is 1.13. The van der Waals surface area contributed by atoms with E-state index in [0.29, 0.717) is 5.82 Å². The van der Waals surface area contributed by atoms with Crippen molar-refractivity contribution in [3.8, 4) is 39.5 Å². The number of fused-ring (bicyclic) bond motifs is 8. The van der Waals surface area contributed by atoms with E-state index in [1.165, 1.54) is 10.8 Å². The summed E-state index contributed by atoms with van der Waals surface area (Å²) in [6, 6.07) is 68.2. The van der Waals surface area contributed by atoms with Crippen LogP contribution in [0, 0.1) is 0 Å². The molecular formula is C54H34N4O. The molecule has 11 aromatic rings. The third kappa shape index (κ3) is 5.40. The minimum atomic E-state index is 0.664. The molecular weight excluding hydrogens is 721 g/mol. The summed E-state index contributed by atoms with van der Waals surface area (Å²) in [5.41, 5.74) is 14.4. The van der Waals surface area contributed by atoms with Gasteiger partial charge in [-0.25, -0.2) is 9.97 Å². The van der Waals surface area contributed by atoms with Crippen molar-refractivity contribution in [2.24, 2.45) is 0 Å². The first-order valence-corrected chi connectivity index (χ1v) is 19.9. The van der Waals surface area contributed by atoms with Crippen LogP contribution in [-0.2, 0) is 0 Å². The largest absolute Gasteiger partial charge is 0.455 e. The lowest BCUT2D eigenvalue weighted by Gasteiger charge is -2.27. The van der Waals surface area contributed by atoms with Crippen molar-refractivity contribution in [3.63, 3.8) is 0 Å². The molecule has 0 bridgehead atoms. The van der Waals surface area contributed by atoms with E-state index in [0.717, 1.165) is 94.9 Å². The number of para-hydroxylation sites is 4. The van der Waals surface area contributed by atoms with Crippen molar-refractivity contribution in [1.82, 2.24) is 14.5 Å². The summed E-state index contributed by atoms with van der Waals surface area (Å²) < 4.78 is 8.90. The van der Waals surface area contributed by atoms with Gasteiger partial charge in [-0.1, -0.05) is 152 Å². The lowest BCUT2D eigenvalue weighted by molar-refractivity contribution is 0.670. The van der Waals surface area contributed by atoms with Crippen LogP contribution in [0.5, 0.6) is 0 Å². The average molecular weight is 755 g/mol. The van der Waals surface area contributed by atoms with E-state index >= 15 is 0 Å². The molecule has 59 heavy (non-hydrogen) atoms. The van der Waals surface area contributed by atoms with Gasteiger partial charge in [0.1, 0.15) is 17.0 Å². The van der Waals surface area contributed by atoms with Crippen LogP contribution in [0.4, 0.5) is 17.2 Å². The summed E-state index contributed by atoms with van der Waals surface area (Å²) in [7, 11) is 0. The van der Waals surface area contributed by atoms with E-state index in [4.69, 9.17) is 14.4 Å². The maximum absolute atomic E-state index is 6.53. The Morgan fingerprint density at radius 3 is 1.92 bits per heavy atom. The van der Waals surface area contributed by atoms with E-state index in [-0.39, 0.29) is 0 Å². The van der Waals surface area contributed by atoms with Crippen LogP contribution in [0.2, 0.25) is 0 Å². The lowest BCUT2D eigenvalue weighted by Crippen LogP contribution is -2.14. The van der Waals surface area contributed by atoms with Gasteiger partial charge in [-0.3, -0.25) is 4.90 Å². The molecule has 0 atom stereocenters. The number of hydrogen-bond acceptors (Lipinski definition) is 4. The molecule has 0 fully saturated rings. The standard InChI is InChI=1S/C54H34N4O/c1-4-15-35(16-5-1)46-34-52(56-54(55-46)36-17-6-2-7-18-36)58-47-30-29-37(41-23-14-24-44-43-22-11-13-26-51(43)59-53(41)44)31-38(47)27-28-39-32-50-45(33-49(39)58)42-21-10-12-25-48(42)57(50)40-19-8-3-9-20-40/h1-34H. The third-order valence-electron chi connectivity index (χ3n) is 11.5. The van der Waals surface area contributed by atoms with Crippen molar-refractivity contribution >= 4 is 73.1 Å². The zero-order valence-corrected chi connectivity index (χ0v) is 31.8. The highest BCUT2D eigenvalue weighted by molar-refractivity contribution is 6.13. The zero-order valence-electron chi connectivity index (χ0n) is 31.8. The highest BCUT2D eigenvalue weighted by Gasteiger charge is 2.26. The van der Waals surface area contributed by atoms with Gasteiger partial charge in [0.25, 0.3) is 0 Å². The van der Waals surface area contributed by atoms with Crippen molar-refractivity contribution in [2.45, 2.75) is 0 Å². The van der Waals surface area contributed by atoms with Crippen molar-refractivity contribution < 1.29 is 4.42 Å². The number of furan rings is 1. The van der Waals surface area contributed by atoms with Gasteiger partial charge in [-0.15, -0.1) is 0 Å². The SMILES string of the molecule is C1=Cc2cc3c(cc2N(c2cc(-c4ccccc4)nc(-c4ccccc4)n2)c2ccc(-c4cccc5c4oc4ccccc45)cc21)c1ccccc1n3-c1ccccc1. The van der Waals surface area contributed by atoms with Crippen LogP contribution in [0.25, 0.3) is 95.4 Å². The molecule has 8 aromatic carbocycles. The maximum atomic E-state index is 6.53. The molecule has 0 unspecified atom stereocenters. The Morgan fingerprint density at radius 1 is 0.424 bits per heavy atom. The number of anilines is 3. The van der Waals surface area contributed by atoms with E-state index in [1.54, 1.807) is 0 Å². The number of nitrogens with zero attached hydrogens (tertiary/aromatic N) is 4. The molecule has 0 aliphatic carbocycles. The molecule has 4 heterocycles. The summed E-state index contributed by atoms with van der Waals surface area (Å²) in [6.07, 6.45) is 4.50. The van der Waals surface area contributed by atoms with E-state index < -0.39 is 0 Å². The fourth-order valence-electron chi connectivity index (χ4n) is 8.81. The normalized spacial score (nSPS) is 12.3. The molecule has 0 saturated carbocycles. The van der Waals surface area contributed by atoms with Gasteiger partial charge < -0.3 is 8.98 Å². The van der Waals surface area contributed by atoms with Gasteiger partial charge in [0.2, 0.25) is 0 Å². The fourth-order valence-corrected chi connectivity index (χ4v) is 8.81. The number of aromatic nitrogens is 3. The molecule has 0 spiro atoms. The van der Waals surface area contributed by atoms with E-state index in [1.807, 2.05) is 36.4 Å². The number of rotatable bonds is 5. The third-order valence-corrected chi connectivity index (χ3v) is 11.5. The van der Waals surface area contributed by atoms with Gasteiger partial charge in [0.05, 0.1) is 28.1 Å². The Kier molecular flexibility index (Phi) is 7.47. The van der Waals surface area contributed by atoms with Crippen LogP contribution in [0.1, 0.15) is 11.1 Å². The predicted octanol–water partition coefficient (Wildman–Crippen LogP) is 14.4. The first-order chi connectivity index (χ1) is 29.2. The van der Waals surface area contributed by atoms with E-state index in [2.05, 4.69) is 179 Å². The molecule has 5 heteroatoms. The summed E-state index contributed by atoms with van der Waals surface area (Å²) in [5, 5.41) is 4.58. The minimum absolute atomic E-state index is 0.664. The Labute approximate surface area is 340 Å². The molecule has 276 valence electrons. The van der Waals surface area contributed by atoms with Crippen LogP contribution >= 0.6 is 0 Å². The Hall–Kier alpha value is -8.02. The monoisotopic (exact) mass is 754 g/mol. The molecule has 0 radical (unpaired) electrons. The molecule has 0 saturated heterocycles. The molecule has 12 rings (SSSR count). The first-order valence-electron chi connectivity index (χ1n) is 19.9. The topological polar surface area (TPSA) is 47.1 Å². The van der Waals surface area contributed by atoms with Crippen molar-refractivity contribution in [2.75, 3.05) is 4.90 Å². The lowest BCUT2D eigenvalue weighted by atomic mass is 9.99. The summed E-state index contributed by atoms with van der Waals surface area (Å²) in [5.74, 6) is 1.44. The summed E-state index contributed by atoms with van der Waals surface area (Å²) >= 11 is 0. The highest BCUT2D eigenvalue weighted by Crippen LogP contribution is 2.47. The second kappa shape index (κ2) is 13.3. The second-order valence-corrected chi connectivity index (χ2v) is 15.0. The molecule has 0 amide bonds. The summed E-state index contributed by atoms with van der Waals surface area (Å²) in [6.45, 7) is 0. The zero-order chi connectivity index (χ0) is 38.9.